The molecule has 30 heavy (non-hydrogen) atoms. The van der Waals surface area contributed by atoms with Gasteiger partial charge in [0.25, 0.3) is 5.91 Å². The topological polar surface area (TPSA) is 58.6 Å². The van der Waals surface area contributed by atoms with Gasteiger partial charge in [0.05, 0.1) is 27.5 Å². The van der Waals surface area contributed by atoms with E-state index in [9.17, 15) is 4.79 Å². The highest BCUT2D eigenvalue weighted by Crippen LogP contribution is 2.39. The van der Waals surface area contributed by atoms with E-state index >= 15 is 0 Å². The van der Waals surface area contributed by atoms with Crippen LogP contribution in [0, 0.1) is 13.8 Å². The molecule has 0 bridgehead atoms. The molecule has 10 heteroatoms. The second-order valence-electron chi connectivity index (χ2n) is 6.55. The third-order valence-electron chi connectivity index (χ3n) is 4.78. The molecule has 0 saturated heterocycles. The summed E-state index contributed by atoms with van der Waals surface area (Å²) >= 11 is 9.23. The number of carbonyl (C=O) groups is 1. The Kier molecular flexibility index (Phi) is 8.87. The summed E-state index contributed by atoms with van der Waals surface area (Å²) in [6.07, 6.45) is 0. The van der Waals surface area contributed by atoms with Gasteiger partial charge in [-0.25, -0.2) is 9.97 Å². The summed E-state index contributed by atoms with van der Waals surface area (Å²) in [4.78, 5) is 27.3. The van der Waals surface area contributed by atoms with E-state index in [4.69, 9.17) is 21.3 Å². The molecule has 0 atom stereocenters. The molecule has 0 aliphatic carbocycles. The standard InChI is InChI=1S/C20H25ClN4O2S2.ClH/c1-6-24(7-2)10-11-25(19(26)17-12(3)22-13(4)28-17)20-23-16-15(27-5)9-8-14(21)18(16)29-20;/h8-9H,6-7,10-11H2,1-5H3;1H. The van der Waals surface area contributed by atoms with Gasteiger partial charge in [0.2, 0.25) is 0 Å². The zero-order chi connectivity index (χ0) is 21.1. The second kappa shape index (κ2) is 10.7. The van der Waals surface area contributed by atoms with Crippen molar-refractivity contribution in [1.29, 1.82) is 0 Å². The molecule has 3 aromatic rings. The van der Waals surface area contributed by atoms with Gasteiger partial charge in [0.15, 0.2) is 5.13 Å². The van der Waals surface area contributed by atoms with E-state index in [0.29, 0.717) is 32.8 Å². The highest BCUT2D eigenvalue weighted by atomic mass is 35.5. The predicted molar refractivity (Wildman–Crippen MR) is 129 cm³/mol. The van der Waals surface area contributed by atoms with Crippen LogP contribution in [-0.4, -0.2) is 54.1 Å². The van der Waals surface area contributed by atoms with Crippen LogP contribution in [-0.2, 0) is 0 Å². The number of thiazole rings is 2. The number of likely N-dealkylation sites (N-methyl/N-ethyl adjacent to an activating group) is 1. The molecule has 0 N–H and O–H groups in total. The average molecular weight is 489 g/mol. The lowest BCUT2D eigenvalue weighted by molar-refractivity contribution is 0.0987. The lowest BCUT2D eigenvalue weighted by Crippen LogP contribution is -2.38. The smallest absolute Gasteiger partial charge is 0.272 e. The first kappa shape index (κ1) is 24.8. The maximum atomic E-state index is 13.5. The molecule has 0 unspecified atom stereocenters. The van der Waals surface area contributed by atoms with E-state index in [1.54, 1.807) is 24.1 Å². The Labute approximate surface area is 196 Å². The lowest BCUT2D eigenvalue weighted by atomic mass is 10.3. The van der Waals surface area contributed by atoms with E-state index in [0.717, 1.165) is 35.0 Å². The van der Waals surface area contributed by atoms with Crippen LogP contribution in [0.5, 0.6) is 5.75 Å². The first-order valence-corrected chi connectivity index (χ1v) is 11.5. The molecule has 164 valence electrons. The van der Waals surface area contributed by atoms with Crippen LogP contribution < -0.4 is 9.64 Å². The van der Waals surface area contributed by atoms with E-state index < -0.39 is 0 Å². The number of fused-ring (bicyclic) bond motifs is 1. The molecule has 6 nitrogen and oxygen atoms in total. The van der Waals surface area contributed by atoms with Crippen LogP contribution in [0.2, 0.25) is 5.02 Å². The first-order valence-electron chi connectivity index (χ1n) is 9.50. The summed E-state index contributed by atoms with van der Waals surface area (Å²) in [5, 5.41) is 2.10. The Hall–Kier alpha value is -1.45. The van der Waals surface area contributed by atoms with Crippen molar-refractivity contribution in [2.75, 3.05) is 38.2 Å². The van der Waals surface area contributed by atoms with Crippen molar-refractivity contribution in [1.82, 2.24) is 14.9 Å². The van der Waals surface area contributed by atoms with Crippen LogP contribution in [0.3, 0.4) is 0 Å². The van der Waals surface area contributed by atoms with Crippen molar-refractivity contribution < 1.29 is 9.53 Å². The molecular weight excluding hydrogens is 463 g/mol. The molecule has 0 radical (unpaired) electrons. The van der Waals surface area contributed by atoms with Gasteiger partial charge in [-0.05, 0) is 39.1 Å². The van der Waals surface area contributed by atoms with E-state index in [1.165, 1.54) is 22.7 Å². The number of ether oxygens (including phenoxy) is 1. The number of halogens is 2. The van der Waals surface area contributed by atoms with Crippen molar-refractivity contribution in [3.05, 3.63) is 32.7 Å². The largest absolute Gasteiger partial charge is 0.494 e. The fraction of sp³-hybridized carbons (Fsp3) is 0.450. The molecule has 3 rings (SSSR count). The van der Waals surface area contributed by atoms with Crippen LogP contribution in [0.25, 0.3) is 10.2 Å². The van der Waals surface area contributed by atoms with Gasteiger partial charge in [0, 0.05) is 13.1 Å². The molecule has 0 aliphatic rings. The van der Waals surface area contributed by atoms with Gasteiger partial charge >= 0.3 is 0 Å². The molecular formula is C20H26Cl2N4O2S2. The number of amides is 1. The maximum absolute atomic E-state index is 13.5. The van der Waals surface area contributed by atoms with Gasteiger partial charge in [-0.2, -0.15) is 0 Å². The van der Waals surface area contributed by atoms with Crippen molar-refractivity contribution in [3.63, 3.8) is 0 Å². The molecule has 0 spiro atoms. The van der Waals surface area contributed by atoms with Crippen molar-refractivity contribution >= 4 is 67.9 Å². The molecule has 2 heterocycles. The molecule has 2 aromatic heterocycles. The van der Waals surface area contributed by atoms with Crippen LogP contribution in [0.15, 0.2) is 12.1 Å². The second-order valence-corrected chi connectivity index (χ2v) is 9.14. The van der Waals surface area contributed by atoms with E-state index in [2.05, 4.69) is 23.7 Å². The fourth-order valence-electron chi connectivity index (χ4n) is 3.14. The summed E-state index contributed by atoms with van der Waals surface area (Å²) in [6.45, 7) is 11.2. The Morgan fingerprint density at radius 1 is 1.13 bits per heavy atom. The Bertz CT molecular complexity index is 1020. The van der Waals surface area contributed by atoms with Crippen LogP contribution >= 0.6 is 46.7 Å². The quantitative estimate of drug-likeness (QED) is 0.422. The van der Waals surface area contributed by atoms with Crippen LogP contribution in [0.4, 0.5) is 5.13 Å². The van der Waals surface area contributed by atoms with Gasteiger partial charge in [-0.1, -0.05) is 36.8 Å². The number of benzene rings is 1. The molecule has 0 saturated carbocycles. The molecule has 1 aromatic carbocycles. The lowest BCUT2D eigenvalue weighted by Gasteiger charge is -2.24. The third-order valence-corrected chi connectivity index (χ3v) is 7.37. The van der Waals surface area contributed by atoms with Crippen molar-refractivity contribution in [2.45, 2.75) is 27.7 Å². The summed E-state index contributed by atoms with van der Waals surface area (Å²) < 4.78 is 6.26. The molecule has 0 fully saturated rings. The van der Waals surface area contributed by atoms with Gasteiger partial charge in [-0.3, -0.25) is 9.69 Å². The Morgan fingerprint density at radius 3 is 2.40 bits per heavy atom. The fourth-order valence-corrected chi connectivity index (χ4v) is 5.29. The zero-order valence-electron chi connectivity index (χ0n) is 17.7. The van der Waals surface area contributed by atoms with Crippen molar-refractivity contribution in [3.8, 4) is 5.75 Å². The van der Waals surface area contributed by atoms with Crippen LogP contribution in [0.1, 0.15) is 34.2 Å². The summed E-state index contributed by atoms with van der Waals surface area (Å²) in [5.74, 6) is 0.572. The highest BCUT2D eigenvalue weighted by molar-refractivity contribution is 7.23. The summed E-state index contributed by atoms with van der Waals surface area (Å²) in [6, 6.07) is 3.59. The number of rotatable bonds is 8. The zero-order valence-corrected chi connectivity index (χ0v) is 20.9. The number of methoxy groups -OCH3 is 1. The highest BCUT2D eigenvalue weighted by Gasteiger charge is 2.26. The average Bonchev–Trinajstić information content (AvgIpc) is 3.29. The minimum absolute atomic E-state index is 0. The minimum atomic E-state index is -0.0746. The number of aromatic nitrogens is 2. The van der Waals surface area contributed by atoms with Gasteiger partial charge in [0.1, 0.15) is 16.1 Å². The first-order chi connectivity index (χ1) is 13.9. The van der Waals surface area contributed by atoms with E-state index in [-0.39, 0.29) is 18.3 Å². The minimum Gasteiger partial charge on any atom is -0.494 e. The van der Waals surface area contributed by atoms with E-state index in [1.807, 2.05) is 13.8 Å². The number of anilines is 1. The number of carbonyl (C=O) groups excluding carboxylic acids is 1. The Balaban J connectivity index is 0.00000320. The Morgan fingerprint density at radius 2 is 1.83 bits per heavy atom. The van der Waals surface area contributed by atoms with Crippen molar-refractivity contribution in [2.24, 2.45) is 0 Å². The number of aryl methyl sites for hydroxylation is 2. The molecule has 0 aliphatic heterocycles. The molecule has 1 amide bonds. The monoisotopic (exact) mass is 488 g/mol. The van der Waals surface area contributed by atoms with Gasteiger partial charge < -0.3 is 9.64 Å². The predicted octanol–water partition coefficient (Wildman–Crippen LogP) is 5.44. The number of nitrogens with zero attached hydrogens (tertiary/aromatic N) is 4. The number of hydrogen-bond donors (Lipinski definition) is 0. The maximum Gasteiger partial charge on any atom is 0.272 e. The number of hydrogen-bond acceptors (Lipinski definition) is 7. The SMILES string of the molecule is CCN(CC)CCN(C(=O)c1sc(C)nc1C)c1nc2c(OC)ccc(Cl)c2s1.Cl. The normalized spacial score (nSPS) is 11.0. The van der Waals surface area contributed by atoms with Gasteiger partial charge in [-0.15, -0.1) is 23.7 Å². The summed E-state index contributed by atoms with van der Waals surface area (Å²) in [7, 11) is 1.61. The third kappa shape index (κ3) is 5.06. The summed E-state index contributed by atoms with van der Waals surface area (Å²) in [5.41, 5.74) is 1.43.